The molecular weight excluding hydrogens is 258 g/mol. The molecule has 1 aliphatic heterocycles. The van der Waals surface area contributed by atoms with Crippen molar-refractivity contribution < 1.29 is 19.7 Å². The zero-order valence-corrected chi connectivity index (χ0v) is 10.6. The predicted molar refractivity (Wildman–Crippen MR) is 66.2 cm³/mol. The van der Waals surface area contributed by atoms with Crippen LogP contribution in [0.1, 0.15) is 18.0 Å². The molecule has 1 fully saturated rings. The molecule has 0 aliphatic carbocycles. The average Bonchev–Trinajstić information content (AvgIpc) is 2.81. The number of carbonyl (C=O) groups is 1. The lowest BCUT2D eigenvalue weighted by Crippen LogP contribution is -2.17. The van der Waals surface area contributed by atoms with Crippen LogP contribution in [0.25, 0.3) is 0 Å². The van der Waals surface area contributed by atoms with Crippen LogP contribution in [0, 0.1) is 5.92 Å². The van der Waals surface area contributed by atoms with E-state index in [9.17, 15) is 9.90 Å². The van der Waals surface area contributed by atoms with Crippen LogP contribution in [0.4, 0.5) is 0 Å². The minimum atomic E-state index is -0.821. The molecule has 1 aromatic carbocycles. The van der Waals surface area contributed by atoms with Crippen LogP contribution in [0.5, 0.6) is 11.5 Å². The summed E-state index contributed by atoms with van der Waals surface area (Å²) in [7, 11) is 1.44. The van der Waals surface area contributed by atoms with Crippen LogP contribution in [0.2, 0.25) is 5.02 Å². The molecule has 2 unspecified atom stereocenters. The molecule has 98 valence electrons. The summed E-state index contributed by atoms with van der Waals surface area (Å²) in [5.74, 6) is -0.942. The lowest BCUT2D eigenvalue weighted by atomic mass is 9.99. The van der Waals surface area contributed by atoms with Crippen molar-refractivity contribution in [3.63, 3.8) is 0 Å². The Morgan fingerprint density at radius 2 is 2.28 bits per heavy atom. The molecule has 3 N–H and O–H groups in total. The second-order valence-electron chi connectivity index (χ2n) is 4.28. The van der Waals surface area contributed by atoms with Crippen molar-refractivity contribution in [1.29, 1.82) is 0 Å². The number of hydrogen-bond acceptors (Lipinski definition) is 4. The van der Waals surface area contributed by atoms with Gasteiger partial charge in [-0.15, -0.1) is 0 Å². The van der Waals surface area contributed by atoms with Gasteiger partial charge in [-0.3, -0.25) is 4.79 Å². The van der Waals surface area contributed by atoms with Crippen molar-refractivity contribution in [2.24, 2.45) is 5.92 Å². The number of halogens is 1. The molecule has 0 aromatic heterocycles. The number of nitrogens with one attached hydrogen (secondary N) is 1. The third kappa shape index (κ3) is 2.37. The first kappa shape index (κ1) is 13.0. The Morgan fingerprint density at radius 1 is 1.56 bits per heavy atom. The number of phenolic OH excluding ortho intramolecular Hbond substituents is 1. The summed E-state index contributed by atoms with van der Waals surface area (Å²) in [5.41, 5.74) is 0.693. The van der Waals surface area contributed by atoms with Crippen molar-refractivity contribution in [3.05, 3.63) is 22.7 Å². The maximum absolute atomic E-state index is 10.9. The molecule has 2 rings (SSSR count). The first-order valence-electron chi connectivity index (χ1n) is 5.55. The highest BCUT2D eigenvalue weighted by molar-refractivity contribution is 6.31. The van der Waals surface area contributed by atoms with E-state index in [0.29, 0.717) is 29.3 Å². The Kier molecular flexibility index (Phi) is 3.63. The Labute approximate surface area is 109 Å². The van der Waals surface area contributed by atoms with E-state index < -0.39 is 11.9 Å². The summed E-state index contributed by atoms with van der Waals surface area (Å²) in [4.78, 5) is 10.9. The number of methoxy groups -OCH3 is 1. The molecule has 1 aliphatic rings. The topological polar surface area (TPSA) is 78.8 Å². The number of aliphatic carboxylic acids is 1. The smallest absolute Gasteiger partial charge is 0.307 e. The quantitative estimate of drug-likeness (QED) is 0.781. The maximum Gasteiger partial charge on any atom is 0.307 e. The van der Waals surface area contributed by atoms with Gasteiger partial charge in [-0.25, -0.2) is 0 Å². The van der Waals surface area contributed by atoms with Gasteiger partial charge in [-0.1, -0.05) is 11.6 Å². The Hall–Kier alpha value is -1.46. The lowest BCUT2D eigenvalue weighted by Gasteiger charge is -2.14. The van der Waals surface area contributed by atoms with Crippen LogP contribution in [0.15, 0.2) is 12.1 Å². The second-order valence-corrected chi connectivity index (χ2v) is 4.68. The van der Waals surface area contributed by atoms with E-state index in [1.807, 2.05) is 0 Å². The minimum Gasteiger partial charge on any atom is -0.504 e. The van der Waals surface area contributed by atoms with Gasteiger partial charge in [-0.05, 0) is 18.1 Å². The summed E-state index contributed by atoms with van der Waals surface area (Å²) in [6.07, 6.45) is 0.459. The Morgan fingerprint density at radius 3 is 2.83 bits per heavy atom. The lowest BCUT2D eigenvalue weighted by molar-refractivity contribution is -0.141. The van der Waals surface area contributed by atoms with E-state index >= 15 is 0 Å². The normalized spacial score (nSPS) is 23.0. The van der Waals surface area contributed by atoms with E-state index in [1.54, 1.807) is 0 Å². The third-order valence-electron chi connectivity index (χ3n) is 3.15. The van der Waals surface area contributed by atoms with E-state index in [0.717, 1.165) is 0 Å². The number of carboxylic acids is 1. The highest BCUT2D eigenvalue weighted by Crippen LogP contribution is 2.38. The molecule has 0 bridgehead atoms. The van der Waals surface area contributed by atoms with Gasteiger partial charge >= 0.3 is 5.97 Å². The molecule has 1 saturated heterocycles. The van der Waals surface area contributed by atoms with Crippen LogP contribution >= 0.6 is 11.6 Å². The number of carboxylic acid groups (broad SMARTS) is 1. The molecule has 1 heterocycles. The van der Waals surface area contributed by atoms with Crippen LogP contribution in [0.3, 0.4) is 0 Å². The standard InChI is InChI=1S/C12H14ClNO4/c1-18-11-4-8(13)7(3-10(11)15)9-2-6(5-14-9)12(16)17/h3-4,6,9,14-15H,2,5H2,1H3,(H,16,17). The molecule has 0 spiro atoms. The first-order valence-corrected chi connectivity index (χ1v) is 5.93. The zero-order valence-electron chi connectivity index (χ0n) is 9.81. The number of aromatic hydroxyl groups is 1. The summed E-state index contributed by atoms with van der Waals surface area (Å²) < 4.78 is 4.95. The maximum atomic E-state index is 10.9. The van der Waals surface area contributed by atoms with Crippen LogP contribution in [-0.2, 0) is 4.79 Å². The predicted octanol–water partition coefficient (Wildman–Crippen LogP) is 1.79. The third-order valence-corrected chi connectivity index (χ3v) is 3.48. The molecule has 5 nitrogen and oxygen atoms in total. The summed E-state index contributed by atoms with van der Waals surface area (Å²) in [6, 6.07) is 2.89. The molecule has 0 amide bonds. The number of benzene rings is 1. The Balaban J connectivity index is 2.25. The van der Waals surface area contributed by atoms with Gasteiger partial charge in [-0.2, -0.15) is 0 Å². The van der Waals surface area contributed by atoms with E-state index in [-0.39, 0.29) is 11.8 Å². The number of phenols is 1. The molecule has 0 radical (unpaired) electrons. The second kappa shape index (κ2) is 5.04. The SMILES string of the molecule is COc1cc(Cl)c(C2CC(C(=O)O)CN2)cc1O. The molecule has 1 aromatic rings. The number of hydrogen-bond donors (Lipinski definition) is 3. The first-order chi connectivity index (χ1) is 8.52. The van der Waals surface area contributed by atoms with Crippen molar-refractivity contribution in [3.8, 4) is 11.5 Å². The average molecular weight is 272 g/mol. The van der Waals surface area contributed by atoms with Gasteiger partial charge in [0.2, 0.25) is 0 Å². The minimum absolute atomic E-state index is 0.00234. The zero-order chi connectivity index (χ0) is 13.3. The molecule has 2 atom stereocenters. The summed E-state index contributed by atoms with van der Waals surface area (Å²) in [5, 5.41) is 22.2. The van der Waals surface area contributed by atoms with Gasteiger partial charge < -0.3 is 20.3 Å². The summed E-state index contributed by atoms with van der Waals surface area (Å²) in [6.45, 7) is 0.406. The highest BCUT2D eigenvalue weighted by Gasteiger charge is 2.31. The van der Waals surface area contributed by atoms with Gasteiger partial charge in [0.1, 0.15) is 0 Å². The van der Waals surface area contributed by atoms with Gasteiger partial charge in [0.25, 0.3) is 0 Å². The van der Waals surface area contributed by atoms with Gasteiger partial charge in [0, 0.05) is 23.7 Å². The van der Waals surface area contributed by atoms with Gasteiger partial charge in [0.15, 0.2) is 11.5 Å². The number of rotatable bonds is 3. The fourth-order valence-electron chi connectivity index (χ4n) is 2.15. The number of ether oxygens (including phenoxy) is 1. The van der Waals surface area contributed by atoms with Crippen molar-refractivity contribution in [1.82, 2.24) is 5.32 Å². The van der Waals surface area contributed by atoms with E-state index in [4.69, 9.17) is 21.4 Å². The monoisotopic (exact) mass is 271 g/mol. The molecule has 6 heteroatoms. The van der Waals surface area contributed by atoms with Crippen LogP contribution in [-0.4, -0.2) is 29.8 Å². The highest BCUT2D eigenvalue weighted by atomic mass is 35.5. The fourth-order valence-corrected chi connectivity index (χ4v) is 2.44. The fraction of sp³-hybridized carbons (Fsp3) is 0.417. The van der Waals surface area contributed by atoms with Crippen molar-refractivity contribution in [2.75, 3.05) is 13.7 Å². The van der Waals surface area contributed by atoms with E-state index in [1.165, 1.54) is 19.2 Å². The molecule has 0 saturated carbocycles. The Bertz CT molecular complexity index is 477. The largest absolute Gasteiger partial charge is 0.504 e. The van der Waals surface area contributed by atoms with Crippen molar-refractivity contribution >= 4 is 17.6 Å². The summed E-state index contributed by atoms with van der Waals surface area (Å²) >= 11 is 6.11. The molecular formula is C12H14ClNO4. The van der Waals surface area contributed by atoms with E-state index in [2.05, 4.69) is 5.32 Å². The molecule has 18 heavy (non-hydrogen) atoms. The van der Waals surface area contributed by atoms with Crippen LogP contribution < -0.4 is 10.1 Å². The van der Waals surface area contributed by atoms with Crippen molar-refractivity contribution in [2.45, 2.75) is 12.5 Å². The van der Waals surface area contributed by atoms with Gasteiger partial charge in [0.05, 0.1) is 13.0 Å².